The van der Waals surface area contributed by atoms with E-state index in [9.17, 15) is 4.79 Å². The van der Waals surface area contributed by atoms with Crippen molar-refractivity contribution >= 4 is 17.2 Å². The van der Waals surface area contributed by atoms with Crippen LogP contribution in [0, 0.1) is 0 Å². The molecule has 0 aliphatic rings. The largest absolute Gasteiger partial charge is 0.383 e. The Hall–Kier alpha value is -1.83. The summed E-state index contributed by atoms with van der Waals surface area (Å²) in [5.41, 5.74) is 0.780. The van der Waals surface area contributed by atoms with Crippen LogP contribution in [0.1, 0.15) is 9.67 Å². The van der Waals surface area contributed by atoms with Gasteiger partial charge in [0.1, 0.15) is 9.88 Å². The van der Waals surface area contributed by atoms with Gasteiger partial charge in [0.25, 0.3) is 5.91 Å². The number of aromatic nitrogens is 2. The van der Waals surface area contributed by atoms with Crippen molar-refractivity contribution in [1.82, 2.24) is 20.6 Å². The molecule has 0 unspecified atom stereocenters. The van der Waals surface area contributed by atoms with Crippen LogP contribution in [0.25, 0.3) is 10.7 Å². The van der Waals surface area contributed by atoms with Gasteiger partial charge in [-0.05, 0) is 12.1 Å². The minimum Gasteiger partial charge on any atom is -0.383 e. The first-order chi connectivity index (χ1) is 10.3. The monoisotopic (exact) mass is 306 g/mol. The standard InChI is InChI=1S/C14H18N4O2S/c1-20-9-8-15-6-7-17-13(19)12-10-18-14(21-12)11-4-2-3-5-16-11/h2-5,10,15H,6-9H2,1H3,(H,17,19). The Morgan fingerprint density at radius 2 is 2.19 bits per heavy atom. The van der Waals surface area contributed by atoms with Crippen LogP contribution in [-0.2, 0) is 4.74 Å². The lowest BCUT2D eigenvalue weighted by Gasteiger charge is -2.05. The normalized spacial score (nSPS) is 10.5. The number of amides is 1. The van der Waals surface area contributed by atoms with E-state index in [0.717, 1.165) is 17.2 Å². The van der Waals surface area contributed by atoms with Crippen LogP contribution in [0.15, 0.2) is 30.6 Å². The summed E-state index contributed by atoms with van der Waals surface area (Å²) < 4.78 is 4.92. The van der Waals surface area contributed by atoms with Crippen molar-refractivity contribution in [3.8, 4) is 10.7 Å². The lowest BCUT2D eigenvalue weighted by atomic mass is 10.4. The van der Waals surface area contributed by atoms with E-state index in [4.69, 9.17) is 4.74 Å². The second-order valence-corrected chi connectivity index (χ2v) is 5.27. The first-order valence-corrected chi connectivity index (χ1v) is 7.48. The smallest absolute Gasteiger partial charge is 0.263 e. The van der Waals surface area contributed by atoms with Gasteiger partial charge in [-0.15, -0.1) is 11.3 Å². The highest BCUT2D eigenvalue weighted by Gasteiger charge is 2.11. The molecule has 0 fully saturated rings. The highest BCUT2D eigenvalue weighted by atomic mass is 32.1. The van der Waals surface area contributed by atoms with Crippen molar-refractivity contribution in [3.63, 3.8) is 0 Å². The quantitative estimate of drug-likeness (QED) is 0.716. The average Bonchev–Trinajstić information content (AvgIpc) is 3.01. The number of thiazole rings is 1. The number of hydrogen-bond donors (Lipinski definition) is 2. The second kappa shape index (κ2) is 8.46. The first-order valence-electron chi connectivity index (χ1n) is 6.66. The number of nitrogens with zero attached hydrogens (tertiary/aromatic N) is 2. The lowest BCUT2D eigenvalue weighted by Crippen LogP contribution is -2.32. The predicted molar refractivity (Wildman–Crippen MR) is 82.4 cm³/mol. The fourth-order valence-electron chi connectivity index (χ4n) is 1.64. The molecule has 0 atom stereocenters. The zero-order valence-corrected chi connectivity index (χ0v) is 12.7. The summed E-state index contributed by atoms with van der Waals surface area (Å²) in [5, 5.41) is 6.76. The van der Waals surface area contributed by atoms with Crippen molar-refractivity contribution in [2.75, 3.05) is 33.4 Å². The second-order valence-electron chi connectivity index (χ2n) is 4.24. The van der Waals surface area contributed by atoms with Crippen LogP contribution in [0.3, 0.4) is 0 Å². The van der Waals surface area contributed by atoms with Gasteiger partial charge in [-0.25, -0.2) is 4.98 Å². The van der Waals surface area contributed by atoms with Gasteiger partial charge in [-0.3, -0.25) is 9.78 Å². The van der Waals surface area contributed by atoms with Gasteiger partial charge in [-0.1, -0.05) is 6.07 Å². The maximum Gasteiger partial charge on any atom is 0.263 e. The van der Waals surface area contributed by atoms with Gasteiger partial charge in [0, 0.05) is 32.9 Å². The van der Waals surface area contributed by atoms with E-state index < -0.39 is 0 Å². The minimum absolute atomic E-state index is 0.108. The van der Waals surface area contributed by atoms with E-state index in [1.54, 1.807) is 19.5 Å². The Morgan fingerprint density at radius 1 is 1.29 bits per heavy atom. The average molecular weight is 306 g/mol. The molecule has 0 aliphatic heterocycles. The number of carbonyl (C=O) groups excluding carboxylic acids is 1. The lowest BCUT2D eigenvalue weighted by molar-refractivity contribution is 0.0957. The molecule has 21 heavy (non-hydrogen) atoms. The van der Waals surface area contributed by atoms with Crippen molar-refractivity contribution < 1.29 is 9.53 Å². The molecule has 0 bridgehead atoms. The van der Waals surface area contributed by atoms with Gasteiger partial charge in [0.05, 0.1) is 18.5 Å². The Bertz CT molecular complexity index is 559. The predicted octanol–water partition coefficient (Wildman–Crippen LogP) is 1.17. The Balaban J connectivity index is 1.80. The summed E-state index contributed by atoms with van der Waals surface area (Å²) in [4.78, 5) is 21.0. The molecule has 0 aromatic carbocycles. The molecule has 0 saturated heterocycles. The van der Waals surface area contributed by atoms with Gasteiger partial charge >= 0.3 is 0 Å². The molecule has 1 amide bonds. The molecule has 0 saturated carbocycles. The number of rotatable bonds is 8. The van der Waals surface area contributed by atoms with E-state index in [1.807, 2.05) is 18.2 Å². The van der Waals surface area contributed by atoms with Crippen molar-refractivity contribution in [2.24, 2.45) is 0 Å². The van der Waals surface area contributed by atoms with Crippen LogP contribution in [-0.4, -0.2) is 49.2 Å². The maximum absolute atomic E-state index is 12.0. The first kappa shape index (κ1) is 15.6. The molecule has 0 radical (unpaired) electrons. The highest BCUT2D eigenvalue weighted by Crippen LogP contribution is 2.22. The van der Waals surface area contributed by atoms with Crippen molar-refractivity contribution in [1.29, 1.82) is 0 Å². The molecular weight excluding hydrogens is 288 g/mol. The number of ether oxygens (including phenoxy) is 1. The van der Waals surface area contributed by atoms with E-state index in [0.29, 0.717) is 24.6 Å². The highest BCUT2D eigenvalue weighted by molar-refractivity contribution is 7.16. The zero-order valence-electron chi connectivity index (χ0n) is 11.8. The van der Waals surface area contributed by atoms with Crippen LogP contribution < -0.4 is 10.6 Å². The number of hydrogen-bond acceptors (Lipinski definition) is 6. The molecular formula is C14H18N4O2S. The van der Waals surface area contributed by atoms with E-state index >= 15 is 0 Å². The molecule has 0 spiro atoms. The molecule has 2 rings (SSSR count). The summed E-state index contributed by atoms with van der Waals surface area (Å²) in [6, 6.07) is 5.62. The molecule has 2 heterocycles. The van der Waals surface area contributed by atoms with Gasteiger partial charge in [-0.2, -0.15) is 0 Å². The van der Waals surface area contributed by atoms with Crippen LogP contribution >= 0.6 is 11.3 Å². The van der Waals surface area contributed by atoms with Crippen molar-refractivity contribution in [2.45, 2.75) is 0 Å². The number of methoxy groups -OCH3 is 1. The SMILES string of the molecule is COCCNCCNC(=O)c1cnc(-c2ccccn2)s1. The summed E-state index contributed by atoms with van der Waals surface area (Å²) in [6.45, 7) is 2.72. The number of pyridine rings is 1. The van der Waals surface area contributed by atoms with E-state index in [-0.39, 0.29) is 5.91 Å². The summed E-state index contributed by atoms with van der Waals surface area (Å²) in [6.07, 6.45) is 3.30. The molecule has 2 aromatic heterocycles. The van der Waals surface area contributed by atoms with Gasteiger partial charge in [0.15, 0.2) is 0 Å². The van der Waals surface area contributed by atoms with Gasteiger partial charge < -0.3 is 15.4 Å². The Kier molecular flexibility index (Phi) is 6.26. The Labute approximate surface area is 127 Å². The van der Waals surface area contributed by atoms with Crippen molar-refractivity contribution in [3.05, 3.63) is 35.5 Å². The molecule has 0 aliphatic carbocycles. The fraction of sp³-hybridized carbons (Fsp3) is 0.357. The van der Waals surface area contributed by atoms with Crippen LogP contribution in [0.4, 0.5) is 0 Å². The van der Waals surface area contributed by atoms with E-state index in [2.05, 4.69) is 20.6 Å². The Morgan fingerprint density at radius 3 is 2.95 bits per heavy atom. The summed E-state index contributed by atoms with van der Waals surface area (Å²) in [5.74, 6) is -0.108. The van der Waals surface area contributed by atoms with Crippen LogP contribution in [0.5, 0.6) is 0 Å². The zero-order chi connectivity index (χ0) is 14.9. The summed E-state index contributed by atoms with van der Waals surface area (Å²) >= 11 is 1.34. The number of nitrogens with one attached hydrogen (secondary N) is 2. The minimum atomic E-state index is -0.108. The molecule has 2 aromatic rings. The third-order valence-corrected chi connectivity index (χ3v) is 3.70. The number of carbonyl (C=O) groups is 1. The van der Waals surface area contributed by atoms with E-state index in [1.165, 1.54) is 11.3 Å². The summed E-state index contributed by atoms with van der Waals surface area (Å²) in [7, 11) is 1.66. The van der Waals surface area contributed by atoms with Crippen LogP contribution in [0.2, 0.25) is 0 Å². The topological polar surface area (TPSA) is 76.1 Å². The third-order valence-electron chi connectivity index (χ3n) is 2.68. The molecule has 112 valence electrons. The molecule has 7 heteroatoms. The fourth-order valence-corrected chi connectivity index (χ4v) is 2.45. The van der Waals surface area contributed by atoms with Gasteiger partial charge in [0.2, 0.25) is 0 Å². The maximum atomic E-state index is 12.0. The molecule has 2 N–H and O–H groups in total. The molecule has 6 nitrogen and oxygen atoms in total. The third kappa shape index (κ3) is 4.89.